The van der Waals surface area contributed by atoms with Crippen molar-refractivity contribution in [2.75, 3.05) is 0 Å². The first-order chi connectivity index (χ1) is 4.74. The number of hydrogen-bond acceptors (Lipinski definition) is 5. The second-order valence-corrected chi connectivity index (χ2v) is 1.69. The fourth-order valence-corrected chi connectivity index (χ4v) is 0.536. The molecule has 1 atom stereocenters. The third-order valence-electron chi connectivity index (χ3n) is 0.996. The van der Waals surface area contributed by atoms with Crippen molar-refractivity contribution in [2.24, 2.45) is 5.84 Å². The monoisotopic (exact) mass is 145 g/mol. The van der Waals surface area contributed by atoms with E-state index in [1.165, 1.54) is 0 Å². The van der Waals surface area contributed by atoms with Crippen molar-refractivity contribution in [3.05, 3.63) is 0 Å². The van der Waals surface area contributed by atoms with Crippen LogP contribution in [0, 0.1) is 0 Å². The molecule has 0 aromatic heterocycles. The summed E-state index contributed by atoms with van der Waals surface area (Å²) in [5.74, 6) is 4.41. The van der Waals surface area contributed by atoms with Crippen LogP contribution >= 0.6 is 0 Å². The second-order valence-electron chi connectivity index (χ2n) is 1.69. The lowest BCUT2D eigenvalue weighted by molar-refractivity contribution is -0.124. The predicted molar refractivity (Wildman–Crippen MR) is 30.9 cm³/mol. The van der Waals surface area contributed by atoms with Gasteiger partial charge in [0.1, 0.15) is 0 Å². The van der Waals surface area contributed by atoms with Crippen LogP contribution in [0.25, 0.3) is 0 Å². The van der Waals surface area contributed by atoms with Gasteiger partial charge in [0, 0.05) is 0 Å². The lowest BCUT2D eigenvalue weighted by Gasteiger charge is -2.21. The molecule has 1 heterocycles. The Morgan fingerprint density at radius 3 is 2.70 bits per heavy atom. The van der Waals surface area contributed by atoms with Crippen molar-refractivity contribution in [3.63, 3.8) is 0 Å². The number of carbonyl (C=O) groups is 2. The van der Waals surface area contributed by atoms with Gasteiger partial charge in [0.25, 0.3) is 5.91 Å². The van der Waals surface area contributed by atoms with E-state index >= 15 is 0 Å². The zero-order valence-electron chi connectivity index (χ0n) is 4.97. The Hall–Kier alpha value is -1.18. The number of amides is 3. The van der Waals surface area contributed by atoms with Gasteiger partial charge in [0.15, 0.2) is 6.17 Å². The van der Waals surface area contributed by atoms with Gasteiger partial charge in [-0.05, 0) is 0 Å². The molecule has 0 aromatic rings. The molecule has 0 aromatic carbocycles. The lowest BCUT2D eigenvalue weighted by Crippen LogP contribution is -2.68. The molecule has 0 radical (unpaired) electrons. The van der Waals surface area contributed by atoms with Crippen LogP contribution < -0.4 is 27.4 Å². The van der Waals surface area contributed by atoms with Crippen LogP contribution in [0.2, 0.25) is 0 Å². The zero-order valence-corrected chi connectivity index (χ0v) is 4.97. The Morgan fingerprint density at radius 2 is 2.20 bits per heavy atom. The van der Waals surface area contributed by atoms with E-state index in [-0.39, 0.29) is 0 Å². The topological polar surface area (TPSA) is 108 Å². The fraction of sp³-hybridized carbons (Fsp3) is 0.333. The highest BCUT2D eigenvalue weighted by molar-refractivity contribution is 5.98. The summed E-state index contributed by atoms with van der Waals surface area (Å²) in [5, 5.41) is 1.99. The molecule has 1 aliphatic rings. The number of hydrazine groups is 2. The van der Waals surface area contributed by atoms with Crippen LogP contribution in [0.4, 0.5) is 4.79 Å². The van der Waals surface area contributed by atoms with Crippen LogP contribution in [0.15, 0.2) is 0 Å². The normalized spacial score (nSPS) is 25.5. The molecule has 0 saturated carbocycles. The van der Waals surface area contributed by atoms with E-state index in [1.54, 1.807) is 0 Å². The van der Waals surface area contributed by atoms with Crippen LogP contribution in [0.3, 0.4) is 0 Å². The molecule has 0 aliphatic carbocycles. The van der Waals surface area contributed by atoms with Crippen LogP contribution in [0.5, 0.6) is 0 Å². The Kier molecular flexibility index (Phi) is 1.81. The number of imide groups is 1. The second kappa shape index (κ2) is 2.60. The van der Waals surface area contributed by atoms with Gasteiger partial charge in [-0.15, -0.1) is 0 Å². The number of carbonyl (C=O) groups excluding carboxylic acids is 2. The molecule has 1 aliphatic heterocycles. The fourth-order valence-electron chi connectivity index (χ4n) is 0.536. The molecular formula is C3H7N5O2. The highest BCUT2D eigenvalue weighted by atomic mass is 16.2. The van der Waals surface area contributed by atoms with Crippen molar-refractivity contribution in [1.29, 1.82) is 0 Å². The van der Waals surface area contributed by atoms with Crippen molar-refractivity contribution in [2.45, 2.75) is 6.17 Å². The Labute approximate surface area is 56.3 Å². The van der Waals surface area contributed by atoms with E-state index in [1.807, 2.05) is 5.32 Å². The molecule has 1 saturated heterocycles. The molecule has 3 amide bonds. The summed E-state index contributed by atoms with van der Waals surface area (Å²) in [5.41, 5.74) is 6.61. The molecular weight excluding hydrogens is 138 g/mol. The van der Waals surface area contributed by atoms with Gasteiger partial charge in [-0.25, -0.2) is 15.6 Å². The van der Waals surface area contributed by atoms with Crippen molar-refractivity contribution in [1.82, 2.24) is 21.6 Å². The molecule has 0 bridgehead atoms. The zero-order chi connectivity index (χ0) is 7.56. The van der Waals surface area contributed by atoms with E-state index in [0.717, 1.165) is 0 Å². The van der Waals surface area contributed by atoms with E-state index in [0.29, 0.717) is 0 Å². The molecule has 0 spiro atoms. The van der Waals surface area contributed by atoms with Gasteiger partial charge in [-0.1, -0.05) is 0 Å². The highest BCUT2D eigenvalue weighted by Crippen LogP contribution is 1.79. The predicted octanol–water partition coefficient (Wildman–Crippen LogP) is -2.88. The van der Waals surface area contributed by atoms with Crippen molar-refractivity contribution >= 4 is 11.9 Å². The SMILES string of the molecule is NNC1NNC(=O)NC1=O. The number of hydrogen-bond donors (Lipinski definition) is 5. The minimum Gasteiger partial charge on any atom is -0.274 e. The molecule has 1 unspecified atom stereocenters. The first-order valence-electron chi connectivity index (χ1n) is 2.56. The molecule has 10 heavy (non-hydrogen) atoms. The minimum atomic E-state index is -0.766. The van der Waals surface area contributed by atoms with Gasteiger partial charge in [0.2, 0.25) is 0 Å². The summed E-state index contributed by atoms with van der Waals surface area (Å²) >= 11 is 0. The van der Waals surface area contributed by atoms with Gasteiger partial charge in [0.05, 0.1) is 0 Å². The standard InChI is InChI=1S/C3H7N5O2/c4-6-1-2(9)5-3(10)8-7-1/h1,6-7H,4H2,(H2,5,8,9,10). The number of nitrogens with one attached hydrogen (secondary N) is 4. The average molecular weight is 145 g/mol. The largest absolute Gasteiger partial charge is 0.335 e. The van der Waals surface area contributed by atoms with E-state index in [2.05, 4.69) is 16.3 Å². The first kappa shape index (κ1) is 6.93. The van der Waals surface area contributed by atoms with Gasteiger partial charge in [-0.3, -0.25) is 21.4 Å². The quantitative estimate of drug-likeness (QED) is 0.201. The Balaban J connectivity index is 2.51. The van der Waals surface area contributed by atoms with Crippen LogP contribution in [-0.2, 0) is 4.79 Å². The van der Waals surface area contributed by atoms with Crippen molar-refractivity contribution < 1.29 is 9.59 Å². The maximum absolute atomic E-state index is 10.7. The van der Waals surface area contributed by atoms with Gasteiger partial charge in [-0.2, -0.15) is 0 Å². The Bertz CT molecular complexity index is 168. The average Bonchev–Trinajstić information content (AvgIpc) is 1.88. The Morgan fingerprint density at radius 1 is 1.50 bits per heavy atom. The third-order valence-corrected chi connectivity index (χ3v) is 0.996. The molecule has 1 fully saturated rings. The number of urea groups is 1. The van der Waals surface area contributed by atoms with E-state index in [9.17, 15) is 9.59 Å². The summed E-state index contributed by atoms with van der Waals surface area (Å²) in [4.78, 5) is 21.0. The molecule has 56 valence electrons. The summed E-state index contributed by atoms with van der Waals surface area (Å²) in [7, 11) is 0. The molecule has 1 rings (SSSR count). The van der Waals surface area contributed by atoms with Crippen molar-refractivity contribution in [3.8, 4) is 0 Å². The van der Waals surface area contributed by atoms with E-state index < -0.39 is 18.1 Å². The van der Waals surface area contributed by atoms with Crippen LogP contribution in [-0.4, -0.2) is 18.1 Å². The summed E-state index contributed by atoms with van der Waals surface area (Å²) in [6.45, 7) is 0. The molecule has 7 heteroatoms. The maximum Gasteiger partial charge on any atom is 0.335 e. The van der Waals surface area contributed by atoms with E-state index in [4.69, 9.17) is 5.84 Å². The van der Waals surface area contributed by atoms with Gasteiger partial charge < -0.3 is 0 Å². The van der Waals surface area contributed by atoms with Gasteiger partial charge >= 0.3 is 6.03 Å². The minimum absolute atomic E-state index is 0.508. The maximum atomic E-state index is 10.7. The molecule has 6 N–H and O–H groups in total. The van der Waals surface area contributed by atoms with Crippen LogP contribution in [0.1, 0.15) is 0 Å². The third kappa shape index (κ3) is 1.21. The summed E-state index contributed by atoms with van der Waals surface area (Å²) in [6.07, 6.45) is -0.766. The number of rotatable bonds is 1. The molecule has 7 nitrogen and oxygen atoms in total. The number of nitrogens with two attached hydrogens (primary N) is 1. The summed E-state index contributed by atoms with van der Waals surface area (Å²) in [6, 6.07) is -0.587. The summed E-state index contributed by atoms with van der Waals surface area (Å²) < 4.78 is 0. The lowest BCUT2D eigenvalue weighted by atomic mass is 10.4. The smallest absolute Gasteiger partial charge is 0.274 e. The highest BCUT2D eigenvalue weighted by Gasteiger charge is 2.23. The first-order valence-corrected chi connectivity index (χ1v) is 2.56.